The highest BCUT2D eigenvalue weighted by atomic mass is 16.5. The molecule has 2 rings (SSSR count). The van der Waals surface area contributed by atoms with Crippen molar-refractivity contribution in [2.45, 2.75) is 19.8 Å². The number of nitrogens with one attached hydrogen (secondary N) is 1. The molecular formula is C19H23NO5. The van der Waals surface area contributed by atoms with E-state index in [1.165, 1.54) is 0 Å². The number of amides is 1. The molecule has 2 N–H and O–H groups in total. The first kappa shape index (κ1) is 18.4. The Hall–Kier alpha value is -2.89. The smallest absolute Gasteiger partial charge is 0.224 e. The monoisotopic (exact) mass is 345 g/mol. The summed E-state index contributed by atoms with van der Waals surface area (Å²) in [6.45, 7) is 1.87. The lowest BCUT2D eigenvalue weighted by Crippen LogP contribution is -2.12. The minimum absolute atomic E-state index is 0.0566. The van der Waals surface area contributed by atoms with Crippen molar-refractivity contribution in [3.05, 3.63) is 41.5 Å². The molecule has 0 bridgehead atoms. The molecule has 2 aromatic rings. The molecule has 6 heteroatoms. The van der Waals surface area contributed by atoms with Crippen LogP contribution in [0.2, 0.25) is 0 Å². The van der Waals surface area contributed by atoms with Gasteiger partial charge in [0, 0.05) is 6.42 Å². The molecule has 0 unspecified atom stereocenters. The second-order valence-corrected chi connectivity index (χ2v) is 5.60. The Morgan fingerprint density at radius 3 is 2.20 bits per heavy atom. The lowest BCUT2D eigenvalue weighted by Gasteiger charge is -2.14. The number of ether oxygens (including phenoxy) is 3. The van der Waals surface area contributed by atoms with Crippen LogP contribution in [0.15, 0.2) is 30.3 Å². The van der Waals surface area contributed by atoms with E-state index in [0.29, 0.717) is 29.4 Å². The number of aryl methyl sites for hydroxylation is 2. The van der Waals surface area contributed by atoms with E-state index in [2.05, 4.69) is 5.32 Å². The average Bonchev–Trinajstić information content (AvgIpc) is 2.61. The number of rotatable bonds is 7. The number of aromatic hydroxyl groups is 1. The standard InChI is InChI=1S/C19H23NO5/c1-12-5-7-14(15(21)9-12)20-18(22)8-6-13-10-16(23-2)19(25-4)17(11-13)24-3/h5,7,9-11,21H,6,8H2,1-4H3,(H,20,22). The number of carbonyl (C=O) groups excluding carboxylic acids is 1. The van der Waals surface area contributed by atoms with E-state index in [1.54, 1.807) is 33.5 Å². The molecule has 0 aliphatic carbocycles. The van der Waals surface area contributed by atoms with E-state index < -0.39 is 0 Å². The fraction of sp³-hybridized carbons (Fsp3) is 0.316. The van der Waals surface area contributed by atoms with Gasteiger partial charge in [-0.1, -0.05) is 6.07 Å². The van der Waals surface area contributed by atoms with Crippen LogP contribution in [-0.4, -0.2) is 32.3 Å². The molecule has 0 heterocycles. The van der Waals surface area contributed by atoms with Crippen LogP contribution in [0, 0.1) is 6.92 Å². The second-order valence-electron chi connectivity index (χ2n) is 5.60. The Bertz CT molecular complexity index is 732. The van der Waals surface area contributed by atoms with Crippen LogP contribution in [0.4, 0.5) is 5.69 Å². The molecule has 1 amide bonds. The Labute approximate surface area is 147 Å². The van der Waals surface area contributed by atoms with Crippen molar-refractivity contribution < 1.29 is 24.1 Å². The first-order valence-electron chi connectivity index (χ1n) is 7.86. The van der Waals surface area contributed by atoms with Gasteiger partial charge in [-0.15, -0.1) is 0 Å². The number of phenols is 1. The summed E-state index contributed by atoms with van der Waals surface area (Å²) < 4.78 is 15.9. The zero-order valence-corrected chi connectivity index (χ0v) is 14.9. The van der Waals surface area contributed by atoms with Crippen molar-refractivity contribution in [3.8, 4) is 23.0 Å². The molecule has 0 atom stereocenters. The summed E-state index contributed by atoms with van der Waals surface area (Å²) in [6, 6.07) is 8.75. The summed E-state index contributed by atoms with van der Waals surface area (Å²) in [4.78, 5) is 12.1. The van der Waals surface area contributed by atoms with E-state index in [4.69, 9.17) is 14.2 Å². The van der Waals surface area contributed by atoms with Gasteiger partial charge in [0.2, 0.25) is 11.7 Å². The predicted molar refractivity (Wildman–Crippen MR) is 95.9 cm³/mol. The Balaban J connectivity index is 2.06. The minimum atomic E-state index is -0.187. The van der Waals surface area contributed by atoms with Crippen molar-refractivity contribution in [1.82, 2.24) is 0 Å². The third kappa shape index (κ3) is 4.56. The Morgan fingerprint density at radius 1 is 1.04 bits per heavy atom. The maximum absolute atomic E-state index is 12.1. The molecule has 6 nitrogen and oxygen atoms in total. The normalized spacial score (nSPS) is 10.2. The largest absolute Gasteiger partial charge is 0.506 e. The molecular weight excluding hydrogens is 322 g/mol. The fourth-order valence-corrected chi connectivity index (χ4v) is 2.50. The van der Waals surface area contributed by atoms with E-state index in [9.17, 15) is 9.90 Å². The highest BCUT2D eigenvalue weighted by Crippen LogP contribution is 2.38. The quantitative estimate of drug-likeness (QED) is 0.753. The third-order valence-corrected chi connectivity index (χ3v) is 3.79. The van der Waals surface area contributed by atoms with Crippen LogP contribution < -0.4 is 19.5 Å². The van der Waals surface area contributed by atoms with Gasteiger partial charge in [-0.05, 0) is 48.7 Å². The van der Waals surface area contributed by atoms with Gasteiger partial charge in [0.05, 0.1) is 27.0 Å². The first-order chi connectivity index (χ1) is 12.0. The van der Waals surface area contributed by atoms with Gasteiger partial charge in [0.1, 0.15) is 5.75 Å². The van der Waals surface area contributed by atoms with Crippen molar-refractivity contribution in [3.63, 3.8) is 0 Å². The molecule has 0 saturated heterocycles. The number of hydrogen-bond donors (Lipinski definition) is 2. The minimum Gasteiger partial charge on any atom is -0.506 e. The van der Waals surface area contributed by atoms with Crippen LogP contribution in [-0.2, 0) is 11.2 Å². The van der Waals surface area contributed by atoms with Crippen LogP contribution in [0.3, 0.4) is 0 Å². The summed E-state index contributed by atoms with van der Waals surface area (Å²) >= 11 is 0. The summed E-state index contributed by atoms with van der Waals surface area (Å²) in [7, 11) is 4.64. The zero-order valence-electron chi connectivity index (χ0n) is 14.9. The maximum atomic E-state index is 12.1. The van der Waals surface area contributed by atoms with Crippen molar-refractivity contribution >= 4 is 11.6 Å². The number of anilines is 1. The topological polar surface area (TPSA) is 77.0 Å². The zero-order chi connectivity index (χ0) is 18.4. The van der Waals surface area contributed by atoms with E-state index in [1.807, 2.05) is 25.1 Å². The number of phenolic OH excluding ortho intramolecular Hbond substituents is 1. The predicted octanol–water partition coefficient (Wildman–Crippen LogP) is 3.30. The van der Waals surface area contributed by atoms with Gasteiger partial charge in [-0.3, -0.25) is 4.79 Å². The Morgan fingerprint density at radius 2 is 1.68 bits per heavy atom. The maximum Gasteiger partial charge on any atom is 0.224 e. The van der Waals surface area contributed by atoms with Gasteiger partial charge in [0.25, 0.3) is 0 Å². The van der Waals surface area contributed by atoms with Crippen LogP contribution in [0.1, 0.15) is 17.5 Å². The number of methoxy groups -OCH3 is 3. The SMILES string of the molecule is COc1cc(CCC(=O)Nc2ccc(C)cc2O)cc(OC)c1OC. The fourth-order valence-electron chi connectivity index (χ4n) is 2.50. The Kier molecular flexibility index (Phi) is 6.11. The number of benzene rings is 2. The molecule has 0 spiro atoms. The lowest BCUT2D eigenvalue weighted by atomic mass is 10.1. The van der Waals surface area contributed by atoms with Gasteiger partial charge < -0.3 is 24.6 Å². The first-order valence-corrected chi connectivity index (χ1v) is 7.86. The highest BCUT2D eigenvalue weighted by Gasteiger charge is 2.14. The van der Waals surface area contributed by atoms with Crippen molar-refractivity contribution in [2.24, 2.45) is 0 Å². The molecule has 25 heavy (non-hydrogen) atoms. The van der Waals surface area contributed by atoms with E-state index in [0.717, 1.165) is 11.1 Å². The third-order valence-electron chi connectivity index (χ3n) is 3.79. The summed E-state index contributed by atoms with van der Waals surface area (Å²) in [5.41, 5.74) is 2.21. The van der Waals surface area contributed by atoms with Crippen molar-refractivity contribution in [2.75, 3.05) is 26.6 Å². The molecule has 0 aromatic heterocycles. The van der Waals surface area contributed by atoms with Gasteiger partial charge in [-0.25, -0.2) is 0 Å². The highest BCUT2D eigenvalue weighted by molar-refractivity contribution is 5.92. The number of hydrogen-bond acceptors (Lipinski definition) is 5. The lowest BCUT2D eigenvalue weighted by molar-refractivity contribution is -0.116. The van der Waals surface area contributed by atoms with Crippen LogP contribution in [0.25, 0.3) is 0 Å². The molecule has 0 radical (unpaired) electrons. The van der Waals surface area contributed by atoms with Crippen molar-refractivity contribution in [1.29, 1.82) is 0 Å². The van der Waals surface area contributed by atoms with Crippen LogP contribution in [0.5, 0.6) is 23.0 Å². The average molecular weight is 345 g/mol. The molecule has 0 aliphatic rings. The summed E-state index contributed by atoms with van der Waals surface area (Å²) in [5.74, 6) is 1.48. The molecule has 0 saturated carbocycles. The molecule has 0 aliphatic heterocycles. The number of carbonyl (C=O) groups is 1. The van der Waals surface area contributed by atoms with Crippen LogP contribution >= 0.6 is 0 Å². The second kappa shape index (κ2) is 8.28. The van der Waals surface area contributed by atoms with E-state index in [-0.39, 0.29) is 18.1 Å². The molecule has 0 fully saturated rings. The molecule has 2 aromatic carbocycles. The van der Waals surface area contributed by atoms with Gasteiger partial charge in [0.15, 0.2) is 11.5 Å². The van der Waals surface area contributed by atoms with Gasteiger partial charge in [-0.2, -0.15) is 0 Å². The summed E-state index contributed by atoms with van der Waals surface area (Å²) in [6.07, 6.45) is 0.751. The van der Waals surface area contributed by atoms with E-state index >= 15 is 0 Å². The molecule has 134 valence electrons. The summed E-state index contributed by atoms with van der Waals surface area (Å²) in [5, 5.41) is 12.6. The van der Waals surface area contributed by atoms with Gasteiger partial charge >= 0.3 is 0 Å².